The third-order valence-corrected chi connectivity index (χ3v) is 2.62. The Morgan fingerprint density at radius 1 is 1.52 bits per heavy atom. The van der Waals surface area contributed by atoms with Crippen molar-refractivity contribution in [3.63, 3.8) is 0 Å². The Bertz CT molecular complexity index is 682. The van der Waals surface area contributed by atoms with Gasteiger partial charge in [0.1, 0.15) is 5.69 Å². The molecule has 0 bridgehead atoms. The number of nitro groups is 1. The van der Waals surface area contributed by atoms with Crippen LogP contribution in [0.25, 0.3) is 0 Å². The van der Waals surface area contributed by atoms with Crippen LogP contribution >= 0.6 is 0 Å². The summed E-state index contributed by atoms with van der Waals surface area (Å²) >= 11 is 0. The SMILES string of the molecule is COC(=O)c1ccc([N+](=O)[O-])c(NCc2noc(C)n2)c1. The zero-order valence-electron chi connectivity index (χ0n) is 11.3. The average Bonchev–Trinajstić information content (AvgIpc) is 2.89. The van der Waals surface area contributed by atoms with Crippen LogP contribution in [-0.4, -0.2) is 28.1 Å². The Balaban J connectivity index is 2.25. The second-order valence-electron chi connectivity index (χ2n) is 4.06. The third-order valence-electron chi connectivity index (χ3n) is 2.62. The summed E-state index contributed by atoms with van der Waals surface area (Å²) in [5.74, 6) is 0.165. The molecule has 0 aliphatic carbocycles. The lowest BCUT2D eigenvalue weighted by molar-refractivity contribution is -0.384. The molecule has 1 heterocycles. The minimum absolute atomic E-state index is 0.128. The lowest BCUT2D eigenvalue weighted by Gasteiger charge is -2.06. The number of benzene rings is 1. The van der Waals surface area contributed by atoms with Gasteiger partial charge in [0, 0.05) is 13.0 Å². The first-order valence-corrected chi connectivity index (χ1v) is 5.91. The van der Waals surface area contributed by atoms with Crippen molar-refractivity contribution in [1.29, 1.82) is 0 Å². The van der Waals surface area contributed by atoms with Gasteiger partial charge in [-0.1, -0.05) is 5.16 Å². The number of carbonyl (C=O) groups is 1. The van der Waals surface area contributed by atoms with E-state index < -0.39 is 10.9 Å². The van der Waals surface area contributed by atoms with Gasteiger partial charge in [0.15, 0.2) is 5.82 Å². The van der Waals surface area contributed by atoms with E-state index in [9.17, 15) is 14.9 Å². The molecule has 0 aliphatic rings. The van der Waals surface area contributed by atoms with E-state index in [1.54, 1.807) is 6.92 Å². The molecule has 0 spiro atoms. The molecule has 9 heteroatoms. The average molecular weight is 292 g/mol. The van der Waals surface area contributed by atoms with Gasteiger partial charge in [0.25, 0.3) is 5.69 Å². The molecule has 0 radical (unpaired) electrons. The molecular formula is C12H12N4O5. The highest BCUT2D eigenvalue weighted by Gasteiger charge is 2.17. The van der Waals surface area contributed by atoms with Crippen LogP contribution in [0.1, 0.15) is 22.1 Å². The molecule has 0 unspecified atom stereocenters. The molecule has 1 aromatic heterocycles. The van der Waals surface area contributed by atoms with Crippen LogP contribution < -0.4 is 5.32 Å². The summed E-state index contributed by atoms with van der Waals surface area (Å²) < 4.78 is 9.38. The van der Waals surface area contributed by atoms with E-state index >= 15 is 0 Å². The summed E-state index contributed by atoms with van der Waals surface area (Å²) in [6.07, 6.45) is 0. The zero-order valence-corrected chi connectivity index (χ0v) is 11.3. The van der Waals surface area contributed by atoms with E-state index in [1.807, 2.05) is 0 Å². The normalized spacial score (nSPS) is 10.2. The second-order valence-corrected chi connectivity index (χ2v) is 4.06. The number of nitro benzene ring substituents is 1. The smallest absolute Gasteiger partial charge is 0.337 e. The second kappa shape index (κ2) is 5.99. The van der Waals surface area contributed by atoms with Crippen molar-refractivity contribution in [2.24, 2.45) is 0 Å². The van der Waals surface area contributed by atoms with E-state index in [1.165, 1.54) is 25.3 Å². The molecule has 1 N–H and O–H groups in total. The molecule has 2 aromatic rings. The molecule has 0 saturated carbocycles. The summed E-state index contributed by atoms with van der Waals surface area (Å²) in [7, 11) is 1.24. The Labute approximate surface area is 119 Å². The number of nitrogens with one attached hydrogen (secondary N) is 1. The first-order chi connectivity index (χ1) is 10.0. The number of esters is 1. The molecule has 2 rings (SSSR count). The number of aromatic nitrogens is 2. The van der Waals surface area contributed by atoms with Crippen LogP contribution in [0.5, 0.6) is 0 Å². The van der Waals surface area contributed by atoms with Gasteiger partial charge in [-0.05, 0) is 12.1 Å². The van der Waals surface area contributed by atoms with E-state index in [-0.39, 0.29) is 23.5 Å². The van der Waals surface area contributed by atoms with Crippen molar-refractivity contribution in [3.8, 4) is 0 Å². The van der Waals surface area contributed by atoms with Crippen molar-refractivity contribution < 1.29 is 19.0 Å². The molecule has 9 nitrogen and oxygen atoms in total. The number of ether oxygens (including phenoxy) is 1. The number of hydrogen-bond acceptors (Lipinski definition) is 8. The topological polar surface area (TPSA) is 120 Å². The standard InChI is InChI=1S/C12H12N4O5/c1-7-14-11(15-21-7)6-13-9-5-8(12(17)20-2)3-4-10(9)16(18)19/h3-5,13H,6H2,1-2H3. The minimum atomic E-state index is -0.580. The molecule has 110 valence electrons. The molecular weight excluding hydrogens is 280 g/mol. The predicted molar refractivity (Wildman–Crippen MR) is 70.8 cm³/mol. The summed E-state index contributed by atoms with van der Waals surface area (Å²) in [4.78, 5) is 25.9. The minimum Gasteiger partial charge on any atom is -0.465 e. The van der Waals surface area contributed by atoms with Crippen LogP contribution in [-0.2, 0) is 11.3 Å². The van der Waals surface area contributed by atoms with Crippen LogP contribution in [0.15, 0.2) is 22.7 Å². The van der Waals surface area contributed by atoms with Crippen molar-refractivity contribution in [3.05, 3.63) is 45.6 Å². The Hall–Kier alpha value is -2.97. The highest BCUT2D eigenvalue weighted by molar-refractivity contribution is 5.91. The Kier molecular flexibility index (Phi) is 4.12. The summed E-state index contributed by atoms with van der Waals surface area (Å²) in [6, 6.07) is 3.90. The van der Waals surface area contributed by atoms with E-state index in [0.29, 0.717) is 11.7 Å². The molecule has 0 amide bonds. The number of nitrogens with zero attached hydrogens (tertiary/aromatic N) is 3. The molecule has 0 atom stereocenters. The molecule has 1 aromatic carbocycles. The van der Waals surface area contributed by atoms with Gasteiger partial charge in [-0.3, -0.25) is 10.1 Å². The van der Waals surface area contributed by atoms with Crippen molar-refractivity contribution in [2.45, 2.75) is 13.5 Å². The number of hydrogen-bond donors (Lipinski definition) is 1. The molecule has 0 aliphatic heterocycles. The van der Waals surface area contributed by atoms with E-state index in [0.717, 1.165) is 0 Å². The van der Waals surface area contributed by atoms with Gasteiger partial charge in [-0.2, -0.15) is 4.98 Å². The number of rotatable bonds is 5. The van der Waals surface area contributed by atoms with E-state index in [4.69, 9.17) is 4.52 Å². The van der Waals surface area contributed by atoms with Gasteiger partial charge >= 0.3 is 5.97 Å². The van der Waals surface area contributed by atoms with Crippen molar-refractivity contribution >= 4 is 17.3 Å². The van der Waals surface area contributed by atoms with E-state index in [2.05, 4.69) is 20.2 Å². The summed E-state index contributed by atoms with van der Waals surface area (Å²) in [5, 5.41) is 17.5. The predicted octanol–water partition coefficient (Wildman–Crippen LogP) is 1.68. The maximum atomic E-state index is 11.5. The van der Waals surface area contributed by atoms with Crippen LogP contribution in [0.4, 0.5) is 11.4 Å². The fourth-order valence-electron chi connectivity index (χ4n) is 1.67. The molecule has 0 saturated heterocycles. The highest BCUT2D eigenvalue weighted by atomic mass is 16.6. The largest absolute Gasteiger partial charge is 0.465 e. The Morgan fingerprint density at radius 3 is 2.86 bits per heavy atom. The molecule has 21 heavy (non-hydrogen) atoms. The number of anilines is 1. The van der Waals surface area contributed by atoms with Gasteiger partial charge in [0.05, 0.1) is 24.1 Å². The monoisotopic (exact) mass is 292 g/mol. The van der Waals surface area contributed by atoms with Gasteiger partial charge < -0.3 is 14.6 Å². The lowest BCUT2D eigenvalue weighted by atomic mass is 10.1. The first-order valence-electron chi connectivity index (χ1n) is 5.91. The number of aryl methyl sites for hydroxylation is 1. The maximum Gasteiger partial charge on any atom is 0.337 e. The number of carbonyl (C=O) groups excluding carboxylic acids is 1. The fourth-order valence-corrected chi connectivity index (χ4v) is 1.67. The third kappa shape index (κ3) is 3.32. The highest BCUT2D eigenvalue weighted by Crippen LogP contribution is 2.26. The van der Waals surface area contributed by atoms with Crippen molar-refractivity contribution in [2.75, 3.05) is 12.4 Å². The zero-order chi connectivity index (χ0) is 15.4. The van der Waals surface area contributed by atoms with Crippen LogP contribution in [0, 0.1) is 17.0 Å². The first kappa shape index (κ1) is 14.4. The Morgan fingerprint density at radius 2 is 2.29 bits per heavy atom. The van der Waals surface area contributed by atoms with Crippen LogP contribution in [0.3, 0.4) is 0 Å². The number of methoxy groups -OCH3 is 1. The summed E-state index contributed by atoms with van der Waals surface area (Å²) in [6.45, 7) is 1.76. The van der Waals surface area contributed by atoms with Crippen LogP contribution in [0.2, 0.25) is 0 Å². The fraction of sp³-hybridized carbons (Fsp3) is 0.250. The lowest BCUT2D eigenvalue weighted by Crippen LogP contribution is -2.07. The molecule has 0 fully saturated rings. The quantitative estimate of drug-likeness (QED) is 0.502. The maximum absolute atomic E-state index is 11.5. The summed E-state index contributed by atoms with van der Waals surface area (Å²) in [5.41, 5.74) is 0.211. The van der Waals surface area contributed by atoms with Gasteiger partial charge in [0.2, 0.25) is 5.89 Å². The van der Waals surface area contributed by atoms with Crippen molar-refractivity contribution in [1.82, 2.24) is 10.1 Å². The van der Waals surface area contributed by atoms with Gasteiger partial charge in [-0.25, -0.2) is 4.79 Å². The van der Waals surface area contributed by atoms with Gasteiger partial charge in [-0.15, -0.1) is 0 Å².